The van der Waals surface area contributed by atoms with Crippen LogP contribution in [0.5, 0.6) is 0 Å². The fraction of sp³-hybridized carbons (Fsp3) is 0.133. The summed E-state index contributed by atoms with van der Waals surface area (Å²) in [5, 5.41) is 3.95. The van der Waals surface area contributed by atoms with Crippen LogP contribution in [0.25, 0.3) is 22.8 Å². The van der Waals surface area contributed by atoms with E-state index in [0.717, 1.165) is 11.3 Å². The number of nitrogens with zero attached hydrogens (tertiary/aromatic N) is 3. The average molecular weight is 282 g/mol. The molecule has 0 aliphatic heterocycles. The molecule has 0 atom stereocenters. The Balaban J connectivity index is 1.96. The maximum atomic E-state index is 11.1. The summed E-state index contributed by atoms with van der Waals surface area (Å²) in [5.41, 5.74) is 2.44. The molecule has 0 unspecified atom stereocenters. The van der Waals surface area contributed by atoms with Crippen LogP contribution in [0.4, 0.5) is 5.69 Å². The molecule has 0 saturated heterocycles. The molecule has 2 heterocycles. The van der Waals surface area contributed by atoms with Gasteiger partial charge >= 0.3 is 0 Å². The number of anilines is 1. The number of hydrogen-bond donors (Lipinski definition) is 1. The second-order valence-electron chi connectivity index (χ2n) is 4.81. The van der Waals surface area contributed by atoms with Gasteiger partial charge in [0, 0.05) is 43.2 Å². The Labute approximate surface area is 121 Å². The highest BCUT2D eigenvalue weighted by molar-refractivity contribution is 5.63. The summed E-state index contributed by atoms with van der Waals surface area (Å²) < 4.78 is 5.30. The fourth-order valence-corrected chi connectivity index (χ4v) is 1.92. The van der Waals surface area contributed by atoms with Crippen molar-refractivity contribution in [2.45, 2.75) is 0 Å². The molecular formula is C15H14N4O2. The average Bonchev–Trinajstić information content (AvgIpc) is 2.98. The van der Waals surface area contributed by atoms with Gasteiger partial charge in [-0.15, -0.1) is 0 Å². The van der Waals surface area contributed by atoms with Crippen LogP contribution in [-0.4, -0.2) is 29.2 Å². The van der Waals surface area contributed by atoms with Gasteiger partial charge in [-0.1, -0.05) is 11.2 Å². The van der Waals surface area contributed by atoms with Crippen molar-refractivity contribution in [1.82, 2.24) is 15.1 Å². The van der Waals surface area contributed by atoms with Crippen molar-refractivity contribution in [3.05, 3.63) is 52.9 Å². The van der Waals surface area contributed by atoms with Gasteiger partial charge in [0.25, 0.3) is 5.89 Å². The summed E-state index contributed by atoms with van der Waals surface area (Å²) in [7, 11) is 3.94. The number of H-pyrrole nitrogens is 1. The number of rotatable bonds is 3. The predicted molar refractivity (Wildman–Crippen MR) is 80.1 cm³/mol. The molecule has 0 bridgehead atoms. The maximum absolute atomic E-state index is 11.1. The maximum Gasteiger partial charge on any atom is 0.258 e. The standard InChI is InChI=1S/C15H14N4O2/c1-19(2)12-5-3-4-10(8-12)15-17-14(18-21-15)11-6-7-13(20)16-9-11/h3-9H,1-2H3,(H,16,20). The van der Waals surface area contributed by atoms with E-state index in [0.29, 0.717) is 17.3 Å². The van der Waals surface area contributed by atoms with E-state index in [1.165, 1.54) is 6.07 Å². The predicted octanol–water partition coefficient (Wildman–Crippen LogP) is 2.16. The molecule has 6 nitrogen and oxygen atoms in total. The largest absolute Gasteiger partial charge is 0.378 e. The topological polar surface area (TPSA) is 75.0 Å². The third-order valence-electron chi connectivity index (χ3n) is 3.08. The highest BCUT2D eigenvalue weighted by atomic mass is 16.5. The molecule has 3 aromatic rings. The molecule has 21 heavy (non-hydrogen) atoms. The Hall–Kier alpha value is -2.89. The minimum Gasteiger partial charge on any atom is -0.378 e. The second-order valence-corrected chi connectivity index (χ2v) is 4.81. The van der Waals surface area contributed by atoms with Gasteiger partial charge in [-0.25, -0.2) is 0 Å². The van der Waals surface area contributed by atoms with E-state index in [-0.39, 0.29) is 5.56 Å². The van der Waals surface area contributed by atoms with E-state index in [2.05, 4.69) is 15.1 Å². The highest BCUT2D eigenvalue weighted by Crippen LogP contribution is 2.24. The zero-order valence-corrected chi connectivity index (χ0v) is 11.7. The van der Waals surface area contributed by atoms with Gasteiger partial charge < -0.3 is 14.4 Å². The first-order chi connectivity index (χ1) is 10.1. The van der Waals surface area contributed by atoms with E-state index in [9.17, 15) is 4.79 Å². The third kappa shape index (κ3) is 2.69. The Morgan fingerprint density at radius 2 is 2.00 bits per heavy atom. The SMILES string of the molecule is CN(C)c1cccc(-c2nc(-c3ccc(=O)[nH]c3)no2)c1. The lowest BCUT2D eigenvalue weighted by molar-refractivity contribution is 0.432. The highest BCUT2D eigenvalue weighted by Gasteiger charge is 2.11. The Kier molecular flexibility index (Phi) is 3.27. The summed E-state index contributed by atoms with van der Waals surface area (Å²) in [6.45, 7) is 0. The normalized spacial score (nSPS) is 10.6. The summed E-state index contributed by atoms with van der Waals surface area (Å²) >= 11 is 0. The summed E-state index contributed by atoms with van der Waals surface area (Å²) in [6.07, 6.45) is 1.56. The van der Waals surface area contributed by atoms with Gasteiger partial charge in [-0.05, 0) is 24.3 Å². The smallest absolute Gasteiger partial charge is 0.258 e. The van der Waals surface area contributed by atoms with Gasteiger partial charge in [0.15, 0.2) is 0 Å². The summed E-state index contributed by atoms with van der Waals surface area (Å²) in [4.78, 5) is 20.0. The zero-order chi connectivity index (χ0) is 14.8. The van der Waals surface area contributed by atoms with Crippen molar-refractivity contribution in [2.75, 3.05) is 19.0 Å². The first-order valence-corrected chi connectivity index (χ1v) is 6.44. The first-order valence-electron chi connectivity index (χ1n) is 6.44. The van der Waals surface area contributed by atoms with E-state index >= 15 is 0 Å². The van der Waals surface area contributed by atoms with E-state index in [1.807, 2.05) is 43.3 Å². The number of pyridine rings is 1. The van der Waals surface area contributed by atoms with Crippen molar-refractivity contribution in [3.63, 3.8) is 0 Å². The van der Waals surface area contributed by atoms with Crippen molar-refractivity contribution in [2.24, 2.45) is 0 Å². The molecule has 1 N–H and O–H groups in total. The first kappa shape index (κ1) is 13.1. The molecule has 0 spiro atoms. The van der Waals surface area contributed by atoms with Crippen molar-refractivity contribution in [1.29, 1.82) is 0 Å². The van der Waals surface area contributed by atoms with E-state index in [1.54, 1.807) is 12.3 Å². The van der Waals surface area contributed by atoms with Crippen molar-refractivity contribution in [3.8, 4) is 22.8 Å². The quantitative estimate of drug-likeness (QED) is 0.796. The molecule has 0 radical (unpaired) electrons. The van der Waals surface area contributed by atoms with Crippen molar-refractivity contribution >= 4 is 5.69 Å². The lowest BCUT2D eigenvalue weighted by Gasteiger charge is -2.12. The minimum absolute atomic E-state index is 0.166. The molecule has 0 fully saturated rings. The van der Waals surface area contributed by atoms with Crippen LogP contribution in [0.3, 0.4) is 0 Å². The molecule has 0 amide bonds. The number of aromatic amines is 1. The number of nitrogens with one attached hydrogen (secondary N) is 1. The monoisotopic (exact) mass is 282 g/mol. The zero-order valence-electron chi connectivity index (χ0n) is 11.7. The van der Waals surface area contributed by atoms with Crippen LogP contribution in [0.15, 0.2) is 51.9 Å². The van der Waals surface area contributed by atoms with Gasteiger partial charge in [0.05, 0.1) is 0 Å². The Bertz CT molecular complexity index is 800. The summed E-state index contributed by atoms with van der Waals surface area (Å²) in [6, 6.07) is 10.9. The lowest BCUT2D eigenvalue weighted by atomic mass is 10.2. The Morgan fingerprint density at radius 3 is 2.71 bits per heavy atom. The molecule has 0 aliphatic carbocycles. The molecular weight excluding hydrogens is 268 g/mol. The minimum atomic E-state index is -0.166. The van der Waals surface area contributed by atoms with Crippen LogP contribution < -0.4 is 10.5 Å². The molecule has 3 rings (SSSR count). The molecule has 106 valence electrons. The second kappa shape index (κ2) is 5.24. The fourth-order valence-electron chi connectivity index (χ4n) is 1.92. The van der Waals surface area contributed by atoms with Gasteiger partial charge in [-0.2, -0.15) is 4.98 Å². The molecule has 2 aromatic heterocycles. The van der Waals surface area contributed by atoms with E-state index < -0.39 is 0 Å². The van der Waals surface area contributed by atoms with Crippen LogP contribution in [0.1, 0.15) is 0 Å². The van der Waals surface area contributed by atoms with Crippen LogP contribution in [0.2, 0.25) is 0 Å². The summed E-state index contributed by atoms with van der Waals surface area (Å²) in [5.74, 6) is 0.886. The molecule has 0 saturated carbocycles. The lowest BCUT2D eigenvalue weighted by Crippen LogP contribution is -2.08. The van der Waals surface area contributed by atoms with Crippen molar-refractivity contribution < 1.29 is 4.52 Å². The van der Waals surface area contributed by atoms with E-state index in [4.69, 9.17) is 4.52 Å². The molecule has 6 heteroatoms. The number of hydrogen-bond acceptors (Lipinski definition) is 5. The molecule has 1 aromatic carbocycles. The van der Waals surface area contributed by atoms with Gasteiger partial charge in [0.1, 0.15) is 0 Å². The third-order valence-corrected chi connectivity index (χ3v) is 3.08. The number of aromatic nitrogens is 3. The van der Waals surface area contributed by atoms with Crippen LogP contribution >= 0.6 is 0 Å². The Morgan fingerprint density at radius 1 is 1.14 bits per heavy atom. The van der Waals surface area contributed by atoms with Crippen LogP contribution in [0, 0.1) is 0 Å². The molecule has 0 aliphatic rings. The van der Waals surface area contributed by atoms with Crippen LogP contribution in [-0.2, 0) is 0 Å². The van der Waals surface area contributed by atoms with Gasteiger partial charge in [0.2, 0.25) is 11.4 Å². The number of benzene rings is 1. The van der Waals surface area contributed by atoms with Gasteiger partial charge in [-0.3, -0.25) is 4.79 Å².